The molecule has 146 valence electrons. The van der Waals surface area contributed by atoms with Gasteiger partial charge in [0.05, 0.1) is 25.9 Å². The second kappa shape index (κ2) is 7.31. The van der Waals surface area contributed by atoms with Crippen molar-refractivity contribution in [2.45, 2.75) is 6.04 Å². The van der Waals surface area contributed by atoms with Crippen molar-refractivity contribution in [3.05, 3.63) is 90.9 Å². The van der Waals surface area contributed by atoms with E-state index in [1.165, 1.54) is 0 Å². The molecule has 4 rings (SSSR count). The van der Waals surface area contributed by atoms with Gasteiger partial charge in [-0.2, -0.15) is 0 Å². The van der Waals surface area contributed by atoms with Crippen molar-refractivity contribution in [2.24, 2.45) is 0 Å². The number of rotatable bonds is 6. The van der Waals surface area contributed by atoms with Gasteiger partial charge >= 0.3 is 0 Å². The predicted molar refractivity (Wildman–Crippen MR) is 112 cm³/mol. The molecule has 1 aromatic carbocycles. The van der Waals surface area contributed by atoms with E-state index in [9.17, 15) is 4.79 Å². The van der Waals surface area contributed by atoms with Crippen molar-refractivity contribution in [3.8, 4) is 11.5 Å². The molecule has 6 heteroatoms. The maximum absolute atomic E-state index is 13.3. The highest BCUT2D eigenvalue weighted by molar-refractivity contribution is 6.12. The van der Waals surface area contributed by atoms with Crippen LogP contribution in [0.5, 0.6) is 11.5 Å². The van der Waals surface area contributed by atoms with E-state index in [2.05, 4.69) is 18.1 Å². The van der Waals surface area contributed by atoms with Crippen LogP contribution >= 0.6 is 0 Å². The van der Waals surface area contributed by atoms with E-state index in [-0.39, 0.29) is 11.9 Å². The molecule has 0 unspecified atom stereocenters. The molecule has 1 amide bonds. The molecule has 6 nitrogen and oxygen atoms in total. The van der Waals surface area contributed by atoms with Crippen LogP contribution in [0.25, 0.3) is 5.65 Å². The standard InChI is InChI=1S/C23H21N3O3/c1-5-17-18(6-2)23(27)26(16-9-11-25-12-10-24-21(25)14-16)22(17)15-7-8-19(28-3)20(13-15)29-4/h5-14,22H,1-2H2,3-4H3/t22-/m0/s1. The van der Waals surface area contributed by atoms with Gasteiger partial charge in [0, 0.05) is 30.2 Å². The fourth-order valence-corrected chi connectivity index (χ4v) is 3.75. The molecule has 0 saturated carbocycles. The van der Waals surface area contributed by atoms with Crippen molar-refractivity contribution in [1.29, 1.82) is 0 Å². The second-order valence-electron chi connectivity index (χ2n) is 6.55. The number of methoxy groups -OCH3 is 2. The van der Waals surface area contributed by atoms with Gasteiger partial charge in [0.25, 0.3) is 5.91 Å². The number of aromatic nitrogens is 2. The SMILES string of the molecule is C=CC1=C(C=C)[C@H](c2ccc(OC)c(OC)c2)N(c2ccn3ccnc3c2)C1=O. The van der Waals surface area contributed by atoms with Crippen LogP contribution in [0.3, 0.4) is 0 Å². The lowest BCUT2D eigenvalue weighted by Gasteiger charge is -2.27. The van der Waals surface area contributed by atoms with E-state index in [0.29, 0.717) is 17.1 Å². The Kier molecular flexibility index (Phi) is 4.68. The largest absolute Gasteiger partial charge is 0.493 e. The number of hydrogen-bond acceptors (Lipinski definition) is 4. The maximum Gasteiger partial charge on any atom is 0.259 e. The monoisotopic (exact) mass is 387 g/mol. The van der Waals surface area contributed by atoms with Gasteiger partial charge in [-0.25, -0.2) is 4.98 Å². The first-order valence-electron chi connectivity index (χ1n) is 9.10. The third kappa shape index (κ3) is 2.89. The van der Waals surface area contributed by atoms with Crippen molar-refractivity contribution >= 4 is 17.2 Å². The summed E-state index contributed by atoms with van der Waals surface area (Å²) < 4.78 is 12.7. The van der Waals surface area contributed by atoms with E-state index < -0.39 is 0 Å². The van der Waals surface area contributed by atoms with E-state index in [1.807, 2.05) is 47.1 Å². The van der Waals surface area contributed by atoms with Crippen molar-refractivity contribution in [1.82, 2.24) is 9.38 Å². The van der Waals surface area contributed by atoms with Crippen molar-refractivity contribution in [3.63, 3.8) is 0 Å². The van der Waals surface area contributed by atoms with Gasteiger partial charge < -0.3 is 13.9 Å². The number of anilines is 1. The summed E-state index contributed by atoms with van der Waals surface area (Å²) in [7, 11) is 3.18. The molecule has 0 bridgehead atoms. The molecule has 0 radical (unpaired) electrons. The number of fused-ring (bicyclic) bond motifs is 1. The number of hydrogen-bond donors (Lipinski definition) is 0. The number of benzene rings is 1. The highest BCUT2D eigenvalue weighted by Gasteiger charge is 2.39. The third-order valence-electron chi connectivity index (χ3n) is 5.12. The molecule has 0 N–H and O–H groups in total. The Morgan fingerprint density at radius 3 is 2.52 bits per heavy atom. The van der Waals surface area contributed by atoms with Crippen LogP contribution in [-0.2, 0) is 4.79 Å². The molecule has 0 aliphatic carbocycles. The Morgan fingerprint density at radius 1 is 1.03 bits per heavy atom. The summed E-state index contributed by atoms with van der Waals surface area (Å²) in [6.45, 7) is 7.78. The number of carbonyl (C=O) groups is 1. The molecule has 29 heavy (non-hydrogen) atoms. The summed E-state index contributed by atoms with van der Waals surface area (Å²) in [4.78, 5) is 19.4. The molecule has 1 aliphatic rings. The lowest BCUT2D eigenvalue weighted by molar-refractivity contribution is -0.114. The van der Waals surface area contributed by atoms with Crippen LogP contribution in [0.2, 0.25) is 0 Å². The Bertz CT molecular complexity index is 1160. The summed E-state index contributed by atoms with van der Waals surface area (Å²) in [5.41, 5.74) is 3.70. The zero-order valence-electron chi connectivity index (χ0n) is 16.3. The Labute approximate surface area is 169 Å². The minimum atomic E-state index is -0.370. The molecule has 1 atom stereocenters. The van der Waals surface area contributed by atoms with Gasteiger partial charge in [0.1, 0.15) is 5.65 Å². The molecular weight excluding hydrogens is 366 g/mol. The smallest absolute Gasteiger partial charge is 0.259 e. The van der Waals surface area contributed by atoms with Gasteiger partial charge in [-0.15, -0.1) is 0 Å². The molecule has 3 heterocycles. The first kappa shape index (κ1) is 18.6. The number of carbonyl (C=O) groups excluding carboxylic acids is 1. The number of amides is 1. The van der Waals surface area contributed by atoms with Crippen molar-refractivity contribution in [2.75, 3.05) is 19.1 Å². The van der Waals surface area contributed by atoms with E-state index >= 15 is 0 Å². The van der Waals surface area contributed by atoms with E-state index in [1.54, 1.807) is 37.5 Å². The molecule has 0 saturated heterocycles. The second-order valence-corrected chi connectivity index (χ2v) is 6.55. The topological polar surface area (TPSA) is 56.1 Å². The highest BCUT2D eigenvalue weighted by Crippen LogP contribution is 2.44. The van der Waals surface area contributed by atoms with Crippen molar-refractivity contribution < 1.29 is 14.3 Å². The van der Waals surface area contributed by atoms with Crippen LogP contribution < -0.4 is 14.4 Å². The number of imidazole rings is 1. The summed E-state index contributed by atoms with van der Waals surface area (Å²) in [6, 6.07) is 9.06. The predicted octanol–water partition coefficient (Wildman–Crippen LogP) is 4.11. The molecule has 3 aromatic rings. The lowest BCUT2D eigenvalue weighted by Crippen LogP contribution is -2.30. The zero-order chi connectivity index (χ0) is 20.5. The Balaban J connectivity index is 1.90. The zero-order valence-corrected chi connectivity index (χ0v) is 16.3. The molecule has 2 aromatic heterocycles. The van der Waals surface area contributed by atoms with Crippen LogP contribution in [0, 0.1) is 0 Å². The first-order valence-corrected chi connectivity index (χ1v) is 9.10. The summed E-state index contributed by atoms with van der Waals surface area (Å²) in [5, 5.41) is 0. The first-order chi connectivity index (χ1) is 14.1. The average molecular weight is 387 g/mol. The molecule has 0 spiro atoms. The summed E-state index contributed by atoms with van der Waals surface area (Å²) in [6.07, 6.45) is 8.76. The Morgan fingerprint density at radius 2 is 1.83 bits per heavy atom. The van der Waals surface area contributed by atoms with Crippen LogP contribution in [-0.4, -0.2) is 29.5 Å². The van der Waals surface area contributed by atoms with Crippen LogP contribution in [0.1, 0.15) is 11.6 Å². The minimum absolute atomic E-state index is 0.134. The minimum Gasteiger partial charge on any atom is -0.493 e. The van der Waals surface area contributed by atoms with Gasteiger partial charge in [0.15, 0.2) is 11.5 Å². The third-order valence-corrected chi connectivity index (χ3v) is 5.12. The highest BCUT2D eigenvalue weighted by atomic mass is 16.5. The van der Waals surface area contributed by atoms with Gasteiger partial charge in [-0.1, -0.05) is 31.4 Å². The van der Waals surface area contributed by atoms with E-state index in [0.717, 1.165) is 22.5 Å². The maximum atomic E-state index is 13.3. The van der Waals surface area contributed by atoms with Gasteiger partial charge in [0.2, 0.25) is 0 Å². The van der Waals surface area contributed by atoms with Crippen LogP contribution in [0.15, 0.2) is 85.4 Å². The van der Waals surface area contributed by atoms with E-state index in [4.69, 9.17) is 9.47 Å². The van der Waals surface area contributed by atoms with Gasteiger partial charge in [-0.05, 0) is 29.3 Å². The molecular formula is C23H21N3O3. The quantitative estimate of drug-likeness (QED) is 0.639. The normalized spacial score (nSPS) is 16.4. The average Bonchev–Trinajstić information content (AvgIpc) is 3.33. The number of ether oxygens (including phenoxy) is 2. The summed E-state index contributed by atoms with van der Waals surface area (Å²) in [5.74, 6) is 1.08. The fourth-order valence-electron chi connectivity index (χ4n) is 3.75. The summed E-state index contributed by atoms with van der Waals surface area (Å²) >= 11 is 0. The number of pyridine rings is 1. The lowest BCUT2D eigenvalue weighted by atomic mass is 9.97. The molecule has 0 fully saturated rings. The fraction of sp³-hybridized carbons (Fsp3) is 0.130. The number of nitrogens with zero attached hydrogens (tertiary/aromatic N) is 3. The Hall–Kier alpha value is -3.80. The molecule has 1 aliphatic heterocycles. The van der Waals surface area contributed by atoms with Gasteiger partial charge in [-0.3, -0.25) is 9.69 Å². The van der Waals surface area contributed by atoms with Crippen LogP contribution in [0.4, 0.5) is 5.69 Å².